The van der Waals surface area contributed by atoms with Gasteiger partial charge in [-0.2, -0.15) is 0 Å². The van der Waals surface area contributed by atoms with Crippen LogP contribution in [0.4, 0.5) is 21.6 Å². The van der Waals surface area contributed by atoms with Crippen LogP contribution in [0.2, 0.25) is 0 Å². The summed E-state index contributed by atoms with van der Waals surface area (Å²) in [4.78, 5) is 48.9. The average molecular weight is 650 g/mol. The summed E-state index contributed by atoms with van der Waals surface area (Å²) in [5.74, 6) is -0.141. The summed E-state index contributed by atoms with van der Waals surface area (Å²) in [6, 6.07) is 10.3. The third kappa shape index (κ3) is 5.30. The first kappa shape index (κ1) is 30.3. The zero-order chi connectivity index (χ0) is 32.9. The fraction of sp³-hybridized carbons (Fsp3) is 0.333. The molecule has 1 N–H and O–H groups in total. The van der Waals surface area contributed by atoms with Gasteiger partial charge in [-0.3, -0.25) is 23.9 Å². The third-order valence-electron chi connectivity index (χ3n) is 9.97. The lowest BCUT2D eigenvalue weighted by Gasteiger charge is -2.43. The molecule has 4 aromatic heterocycles. The second kappa shape index (κ2) is 12.2. The zero-order valence-corrected chi connectivity index (χ0v) is 26.7. The highest BCUT2D eigenvalue weighted by molar-refractivity contribution is 5.92. The quantitative estimate of drug-likeness (QED) is 0.265. The molecule has 2 aliphatic heterocycles. The molecule has 0 spiro atoms. The number of piperazine rings is 1. The fourth-order valence-electron chi connectivity index (χ4n) is 7.25. The SMILES string of the molecule is Cn1cc(-c2cc(F)cc(-n3ccn4c5c(cc4c3=O)CCCC5)c2C=O)cc(Nc2ccc(N3CCN(C4COC4)CC3)cn2)c1=O. The van der Waals surface area contributed by atoms with E-state index in [1.807, 2.05) is 22.6 Å². The van der Waals surface area contributed by atoms with E-state index >= 15 is 4.39 Å². The van der Waals surface area contributed by atoms with Gasteiger partial charge in [0.1, 0.15) is 22.8 Å². The fourth-order valence-corrected chi connectivity index (χ4v) is 7.25. The largest absolute Gasteiger partial charge is 0.378 e. The van der Waals surface area contributed by atoms with Crippen molar-refractivity contribution in [1.29, 1.82) is 0 Å². The molecule has 0 radical (unpaired) electrons. The van der Waals surface area contributed by atoms with Gasteiger partial charge in [-0.05, 0) is 73.2 Å². The van der Waals surface area contributed by atoms with Crippen molar-refractivity contribution in [2.24, 2.45) is 7.05 Å². The number of rotatable bonds is 7. The van der Waals surface area contributed by atoms with Crippen molar-refractivity contribution >= 4 is 29.0 Å². The summed E-state index contributed by atoms with van der Waals surface area (Å²) in [5, 5.41) is 3.12. The summed E-state index contributed by atoms with van der Waals surface area (Å²) in [7, 11) is 1.59. The molecule has 2 fully saturated rings. The Balaban J connectivity index is 1.10. The maximum atomic E-state index is 15.3. The van der Waals surface area contributed by atoms with E-state index in [2.05, 4.69) is 20.1 Å². The van der Waals surface area contributed by atoms with E-state index in [0.717, 1.165) is 82.0 Å². The number of aromatic nitrogens is 4. The average Bonchev–Trinajstić information content (AvgIpc) is 3.46. The first-order valence-corrected chi connectivity index (χ1v) is 16.4. The number of carbonyl (C=O) groups excluding carboxylic acids is 1. The number of aryl methyl sites for hydroxylation is 3. The summed E-state index contributed by atoms with van der Waals surface area (Å²) in [6.07, 6.45) is 11.3. The number of anilines is 3. The molecule has 2 saturated heterocycles. The summed E-state index contributed by atoms with van der Waals surface area (Å²) in [6.45, 7) is 5.36. The highest BCUT2D eigenvalue weighted by atomic mass is 19.1. The number of nitrogens with one attached hydrogen (secondary N) is 1. The van der Waals surface area contributed by atoms with Crippen LogP contribution in [-0.2, 0) is 24.6 Å². The van der Waals surface area contributed by atoms with Crippen LogP contribution in [0.3, 0.4) is 0 Å². The molecule has 5 aromatic rings. The lowest BCUT2D eigenvalue weighted by molar-refractivity contribution is -0.0660. The molecule has 1 aromatic carbocycles. The smallest absolute Gasteiger partial charge is 0.279 e. The molecule has 246 valence electrons. The number of fused-ring (bicyclic) bond motifs is 3. The number of benzene rings is 1. The van der Waals surface area contributed by atoms with Crippen molar-refractivity contribution in [3.63, 3.8) is 0 Å². The Hall–Kier alpha value is -5.07. The third-order valence-corrected chi connectivity index (χ3v) is 9.97. The number of halogens is 1. The van der Waals surface area contributed by atoms with Gasteiger partial charge in [0.05, 0.1) is 36.8 Å². The second-order valence-corrected chi connectivity index (χ2v) is 12.9. The van der Waals surface area contributed by atoms with E-state index < -0.39 is 5.82 Å². The Kier molecular flexibility index (Phi) is 7.68. The molecule has 3 aliphatic rings. The zero-order valence-electron chi connectivity index (χ0n) is 26.7. The van der Waals surface area contributed by atoms with Crippen molar-refractivity contribution in [2.45, 2.75) is 31.7 Å². The summed E-state index contributed by atoms with van der Waals surface area (Å²) >= 11 is 0. The maximum Gasteiger partial charge on any atom is 0.279 e. The molecule has 0 atom stereocenters. The second-order valence-electron chi connectivity index (χ2n) is 12.9. The Morgan fingerprint density at radius 3 is 2.52 bits per heavy atom. The van der Waals surface area contributed by atoms with Crippen LogP contribution in [0.1, 0.15) is 34.5 Å². The minimum atomic E-state index is -0.616. The van der Waals surface area contributed by atoms with Gasteiger partial charge in [0.25, 0.3) is 11.1 Å². The molecular formula is C36H36FN7O4. The van der Waals surface area contributed by atoms with Crippen molar-refractivity contribution < 1.29 is 13.9 Å². The first-order chi connectivity index (χ1) is 23.4. The Labute approximate surface area is 275 Å². The van der Waals surface area contributed by atoms with Gasteiger partial charge < -0.3 is 23.9 Å². The number of ether oxygens (including phenoxy) is 1. The lowest BCUT2D eigenvalue weighted by Crippen LogP contribution is -2.56. The van der Waals surface area contributed by atoms with Gasteiger partial charge in [0.2, 0.25) is 0 Å². The molecule has 12 heteroatoms. The van der Waals surface area contributed by atoms with Gasteiger partial charge in [-0.1, -0.05) is 0 Å². The van der Waals surface area contributed by atoms with E-state index in [-0.39, 0.29) is 33.6 Å². The molecule has 48 heavy (non-hydrogen) atoms. The molecule has 8 rings (SSSR count). The highest BCUT2D eigenvalue weighted by Gasteiger charge is 2.29. The van der Waals surface area contributed by atoms with Crippen molar-refractivity contribution in [3.05, 3.63) is 105 Å². The van der Waals surface area contributed by atoms with E-state index in [1.54, 1.807) is 37.9 Å². The van der Waals surface area contributed by atoms with Crippen LogP contribution in [0.5, 0.6) is 0 Å². The van der Waals surface area contributed by atoms with E-state index in [4.69, 9.17) is 4.74 Å². The van der Waals surface area contributed by atoms with Crippen LogP contribution in [0, 0.1) is 5.82 Å². The van der Waals surface area contributed by atoms with Gasteiger partial charge in [0.15, 0.2) is 6.29 Å². The lowest BCUT2D eigenvalue weighted by atomic mass is 9.98. The number of hydrogen-bond donors (Lipinski definition) is 1. The van der Waals surface area contributed by atoms with Crippen LogP contribution in [-0.4, -0.2) is 75.1 Å². The van der Waals surface area contributed by atoms with Crippen molar-refractivity contribution in [1.82, 2.24) is 23.4 Å². The van der Waals surface area contributed by atoms with Crippen LogP contribution < -0.4 is 21.3 Å². The predicted molar refractivity (Wildman–Crippen MR) is 182 cm³/mol. The Morgan fingerprint density at radius 2 is 1.79 bits per heavy atom. The number of aldehydes is 1. The summed E-state index contributed by atoms with van der Waals surface area (Å²) in [5.41, 5.74) is 4.30. The number of nitrogens with zero attached hydrogens (tertiary/aromatic N) is 6. The predicted octanol–water partition coefficient (Wildman–Crippen LogP) is 3.95. The van der Waals surface area contributed by atoms with Crippen LogP contribution in [0.15, 0.2) is 70.8 Å². The van der Waals surface area contributed by atoms with Crippen LogP contribution in [0.25, 0.3) is 22.3 Å². The molecule has 0 bridgehead atoms. The monoisotopic (exact) mass is 649 g/mol. The highest BCUT2D eigenvalue weighted by Crippen LogP contribution is 2.31. The normalized spacial score (nSPS) is 16.9. The van der Waals surface area contributed by atoms with Crippen LogP contribution >= 0.6 is 0 Å². The molecule has 0 amide bonds. The van der Waals surface area contributed by atoms with Gasteiger partial charge in [-0.15, -0.1) is 0 Å². The molecular weight excluding hydrogens is 613 g/mol. The topological polar surface area (TPSA) is 106 Å². The Bertz CT molecular complexity index is 2160. The number of hydrogen-bond acceptors (Lipinski definition) is 8. The molecule has 0 saturated carbocycles. The van der Waals surface area contributed by atoms with E-state index in [0.29, 0.717) is 29.2 Å². The van der Waals surface area contributed by atoms with E-state index in [1.165, 1.54) is 21.3 Å². The first-order valence-electron chi connectivity index (χ1n) is 16.4. The number of carbonyl (C=O) groups is 1. The van der Waals surface area contributed by atoms with Crippen molar-refractivity contribution in [3.8, 4) is 16.8 Å². The maximum absolute atomic E-state index is 15.3. The molecule has 1 aliphatic carbocycles. The molecule has 6 heterocycles. The van der Waals surface area contributed by atoms with Gasteiger partial charge in [-0.25, -0.2) is 9.37 Å². The van der Waals surface area contributed by atoms with Crippen molar-refractivity contribution in [2.75, 3.05) is 49.6 Å². The van der Waals surface area contributed by atoms with Gasteiger partial charge in [0, 0.05) is 68.6 Å². The molecule has 0 unspecified atom stereocenters. The van der Waals surface area contributed by atoms with Gasteiger partial charge >= 0.3 is 0 Å². The minimum Gasteiger partial charge on any atom is -0.378 e. The molecule has 11 nitrogen and oxygen atoms in total. The minimum absolute atomic E-state index is 0.133. The van der Waals surface area contributed by atoms with E-state index in [9.17, 15) is 14.4 Å². The summed E-state index contributed by atoms with van der Waals surface area (Å²) < 4.78 is 25.3. The standard InChI is InChI=1S/C36H36FN7O4/c1-40-19-24(14-30(35(40)46)39-34-7-6-26(18-38-34)41-8-10-42(11-9-41)27-21-48-22-27)28-16-25(37)17-32(29(28)20-45)44-13-12-43-31-5-3-2-4-23(31)15-33(43)36(44)47/h6-7,12-20,27H,2-5,8-11,21-22H2,1H3,(H,38,39). The number of pyridine rings is 2. The Morgan fingerprint density at radius 1 is 0.979 bits per heavy atom.